The summed E-state index contributed by atoms with van der Waals surface area (Å²) in [6.45, 7) is 4.88. The number of amides is 1. The fourth-order valence-electron chi connectivity index (χ4n) is 2.34. The van der Waals surface area contributed by atoms with E-state index in [0.29, 0.717) is 24.1 Å². The molecule has 0 atom stereocenters. The summed E-state index contributed by atoms with van der Waals surface area (Å²) in [5.74, 6) is 0.0585. The largest absolute Gasteiger partial charge is 0.392 e. The molecule has 1 aliphatic rings. The molecule has 0 aromatic heterocycles. The van der Waals surface area contributed by atoms with Gasteiger partial charge in [-0.3, -0.25) is 9.69 Å². The molecule has 1 fully saturated rings. The molecule has 0 radical (unpaired) electrons. The molecule has 3 N–H and O–H groups in total. The van der Waals surface area contributed by atoms with Crippen molar-refractivity contribution < 1.29 is 4.79 Å². The van der Waals surface area contributed by atoms with E-state index in [1.165, 1.54) is 12.8 Å². The number of hydrogen-bond acceptors (Lipinski definition) is 3. The van der Waals surface area contributed by atoms with E-state index in [0.717, 1.165) is 12.8 Å². The molecule has 1 amide bonds. The maximum atomic E-state index is 11.8. The van der Waals surface area contributed by atoms with Crippen molar-refractivity contribution in [1.29, 1.82) is 0 Å². The first-order valence-electron chi connectivity index (χ1n) is 6.30. The number of thiocarbonyl (C=S) groups is 1. The van der Waals surface area contributed by atoms with Crippen LogP contribution in [0.5, 0.6) is 0 Å². The first-order valence-corrected chi connectivity index (χ1v) is 6.71. The molecule has 1 rings (SSSR count). The van der Waals surface area contributed by atoms with Crippen LogP contribution in [0.1, 0.15) is 39.5 Å². The number of carbonyl (C=O) groups is 1. The van der Waals surface area contributed by atoms with Crippen LogP contribution < -0.4 is 11.1 Å². The van der Waals surface area contributed by atoms with E-state index in [1.54, 1.807) is 0 Å². The molecule has 0 spiro atoms. The van der Waals surface area contributed by atoms with Gasteiger partial charge in [-0.15, -0.1) is 0 Å². The van der Waals surface area contributed by atoms with Gasteiger partial charge in [-0.2, -0.15) is 0 Å². The Kier molecular flexibility index (Phi) is 5.85. The Morgan fingerprint density at radius 2 is 2.00 bits per heavy atom. The summed E-state index contributed by atoms with van der Waals surface area (Å²) in [4.78, 5) is 14.4. The average Bonchev–Trinajstić information content (AvgIpc) is 2.66. The van der Waals surface area contributed by atoms with E-state index in [1.807, 2.05) is 13.8 Å². The SMILES string of the molecule is CC(C)NC(=O)CN(CC(N)=S)C1CCCC1. The maximum Gasteiger partial charge on any atom is 0.234 e. The summed E-state index contributed by atoms with van der Waals surface area (Å²) < 4.78 is 0. The molecule has 1 aliphatic carbocycles. The smallest absolute Gasteiger partial charge is 0.234 e. The van der Waals surface area contributed by atoms with E-state index in [2.05, 4.69) is 10.2 Å². The molecule has 17 heavy (non-hydrogen) atoms. The second-order valence-electron chi connectivity index (χ2n) is 5.03. The molecule has 98 valence electrons. The van der Waals surface area contributed by atoms with Crippen molar-refractivity contribution in [2.45, 2.75) is 51.6 Å². The third-order valence-corrected chi connectivity index (χ3v) is 3.13. The molecule has 0 heterocycles. The summed E-state index contributed by atoms with van der Waals surface area (Å²) in [6, 6.07) is 0.646. The third-order valence-electron chi connectivity index (χ3n) is 3.00. The van der Waals surface area contributed by atoms with Crippen molar-refractivity contribution >= 4 is 23.1 Å². The van der Waals surface area contributed by atoms with Crippen LogP contribution in [0.2, 0.25) is 0 Å². The summed E-state index contributed by atoms with van der Waals surface area (Å²) in [5.41, 5.74) is 5.60. The lowest BCUT2D eigenvalue weighted by Crippen LogP contribution is -2.46. The molecule has 0 unspecified atom stereocenters. The highest BCUT2D eigenvalue weighted by Gasteiger charge is 2.24. The molecular formula is C12H23N3OS. The minimum Gasteiger partial charge on any atom is -0.392 e. The summed E-state index contributed by atoms with van der Waals surface area (Å²) in [7, 11) is 0. The standard InChI is InChI=1S/C12H23N3OS/c1-9(2)14-12(16)8-15(7-11(13)17)10-5-3-4-6-10/h9-10H,3-8H2,1-2H3,(H2,13,17)(H,14,16). The molecule has 0 aliphatic heterocycles. The molecule has 4 nitrogen and oxygen atoms in total. The lowest BCUT2D eigenvalue weighted by molar-refractivity contribution is -0.123. The van der Waals surface area contributed by atoms with Gasteiger partial charge in [0.1, 0.15) is 0 Å². The highest BCUT2D eigenvalue weighted by atomic mass is 32.1. The van der Waals surface area contributed by atoms with Gasteiger partial charge in [0.2, 0.25) is 5.91 Å². The Morgan fingerprint density at radius 3 is 2.47 bits per heavy atom. The van der Waals surface area contributed by atoms with Crippen LogP contribution in [-0.4, -0.2) is 41.0 Å². The zero-order valence-electron chi connectivity index (χ0n) is 10.7. The molecule has 0 aromatic rings. The van der Waals surface area contributed by atoms with Crippen LogP contribution in [0.3, 0.4) is 0 Å². The molecule has 0 saturated heterocycles. The van der Waals surface area contributed by atoms with Gasteiger partial charge in [-0.25, -0.2) is 0 Å². The number of nitrogens with one attached hydrogen (secondary N) is 1. The Labute approximate surface area is 109 Å². The zero-order valence-corrected chi connectivity index (χ0v) is 11.6. The van der Waals surface area contributed by atoms with Gasteiger partial charge in [0, 0.05) is 18.6 Å². The van der Waals surface area contributed by atoms with E-state index in [4.69, 9.17) is 18.0 Å². The fourth-order valence-corrected chi connectivity index (χ4v) is 2.50. The second-order valence-corrected chi connectivity index (χ2v) is 5.56. The minimum absolute atomic E-state index is 0.0585. The van der Waals surface area contributed by atoms with Crippen molar-refractivity contribution in [3.63, 3.8) is 0 Å². The predicted molar refractivity (Wildman–Crippen MR) is 73.9 cm³/mol. The van der Waals surface area contributed by atoms with Crippen LogP contribution in [-0.2, 0) is 4.79 Å². The van der Waals surface area contributed by atoms with Gasteiger partial charge in [-0.05, 0) is 26.7 Å². The lowest BCUT2D eigenvalue weighted by Gasteiger charge is -2.27. The molecule has 1 saturated carbocycles. The van der Waals surface area contributed by atoms with Gasteiger partial charge in [0.05, 0.1) is 11.5 Å². The lowest BCUT2D eigenvalue weighted by atomic mass is 10.2. The summed E-state index contributed by atoms with van der Waals surface area (Å²) in [5, 5.41) is 2.91. The zero-order chi connectivity index (χ0) is 12.8. The first kappa shape index (κ1) is 14.4. The highest BCUT2D eigenvalue weighted by Crippen LogP contribution is 2.23. The van der Waals surface area contributed by atoms with Crippen LogP contribution in [0.25, 0.3) is 0 Å². The predicted octanol–water partition coefficient (Wildman–Crippen LogP) is 1.04. The normalized spacial score (nSPS) is 16.7. The van der Waals surface area contributed by atoms with Gasteiger partial charge in [-0.1, -0.05) is 25.1 Å². The van der Waals surface area contributed by atoms with Crippen molar-refractivity contribution in [3.8, 4) is 0 Å². The quantitative estimate of drug-likeness (QED) is 0.698. The van der Waals surface area contributed by atoms with Gasteiger partial charge >= 0.3 is 0 Å². The van der Waals surface area contributed by atoms with Gasteiger partial charge < -0.3 is 11.1 Å². The molecule has 0 bridgehead atoms. The number of rotatable bonds is 6. The minimum atomic E-state index is 0.0585. The van der Waals surface area contributed by atoms with Crippen molar-refractivity contribution in [1.82, 2.24) is 10.2 Å². The fraction of sp³-hybridized carbons (Fsp3) is 0.833. The number of nitrogens with two attached hydrogens (primary N) is 1. The van der Waals surface area contributed by atoms with E-state index >= 15 is 0 Å². The van der Waals surface area contributed by atoms with E-state index in [9.17, 15) is 4.79 Å². The molecule has 0 aromatic carbocycles. The Morgan fingerprint density at radius 1 is 1.41 bits per heavy atom. The van der Waals surface area contributed by atoms with Crippen molar-refractivity contribution in [2.75, 3.05) is 13.1 Å². The van der Waals surface area contributed by atoms with Crippen molar-refractivity contribution in [3.05, 3.63) is 0 Å². The van der Waals surface area contributed by atoms with Crippen LogP contribution >= 0.6 is 12.2 Å². The topological polar surface area (TPSA) is 58.4 Å². The Balaban J connectivity index is 2.50. The monoisotopic (exact) mass is 257 g/mol. The van der Waals surface area contributed by atoms with Crippen LogP contribution in [0.15, 0.2) is 0 Å². The Hall–Kier alpha value is -0.680. The average molecular weight is 257 g/mol. The van der Waals surface area contributed by atoms with E-state index < -0.39 is 0 Å². The molecule has 5 heteroatoms. The van der Waals surface area contributed by atoms with Crippen molar-refractivity contribution in [2.24, 2.45) is 5.73 Å². The first-order chi connectivity index (χ1) is 7.99. The van der Waals surface area contributed by atoms with E-state index in [-0.39, 0.29) is 11.9 Å². The summed E-state index contributed by atoms with van der Waals surface area (Å²) in [6.07, 6.45) is 4.78. The van der Waals surface area contributed by atoms with Crippen LogP contribution in [0.4, 0.5) is 0 Å². The number of hydrogen-bond donors (Lipinski definition) is 2. The highest BCUT2D eigenvalue weighted by molar-refractivity contribution is 7.80. The maximum absolute atomic E-state index is 11.8. The van der Waals surface area contributed by atoms with Gasteiger partial charge in [0.15, 0.2) is 0 Å². The number of carbonyl (C=O) groups excluding carboxylic acids is 1. The van der Waals surface area contributed by atoms with Crippen LogP contribution in [0, 0.1) is 0 Å². The number of nitrogens with zero attached hydrogens (tertiary/aromatic N) is 1. The third kappa shape index (κ3) is 5.46. The Bertz CT molecular complexity index is 275. The summed E-state index contributed by atoms with van der Waals surface area (Å²) >= 11 is 4.95. The molecular weight excluding hydrogens is 234 g/mol. The second kappa shape index (κ2) is 6.91. The van der Waals surface area contributed by atoms with Gasteiger partial charge in [0.25, 0.3) is 0 Å².